The molecule has 0 saturated heterocycles. The van der Waals surface area contributed by atoms with Crippen LogP contribution in [0.2, 0.25) is 5.02 Å². The Morgan fingerprint density at radius 2 is 1.86 bits per heavy atom. The number of hydrogen-bond donors (Lipinski definition) is 2. The van der Waals surface area contributed by atoms with Crippen molar-refractivity contribution in [1.82, 2.24) is 0 Å². The summed E-state index contributed by atoms with van der Waals surface area (Å²) >= 11 is 6.13. The quantitative estimate of drug-likeness (QED) is 0.880. The number of amides is 1. The minimum absolute atomic E-state index is 0. The molecule has 2 fully saturated rings. The first-order chi connectivity index (χ1) is 10.0. The summed E-state index contributed by atoms with van der Waals surface area (Å²) in [5.41, 5.74) is 12.8. The summed E-state index contributed by atoms with van der Waals surface area (Å²) < 4.78 is 0. The second kappa shape index (κ2) is 6.38. The molecule has 0 atom stereocenters. The second-order valence-electron chi connectivity index (χ2n) is 6.79. The number of carbonyl (C=O) groups is 1. The molecule has 2 aliphatic rings. The van der Waals surface area contributed by atoms with Gasteiger partial charge < -0.3 is 11.5 Å². The van der Waals surface area contributed by atoms with E-state index in [-0.39, 0.29) is 29.1 Å². The van der Waals surface area contributed by atoms with Crippen molar-refractivity contribution < 1.29 is 4.79 Å². The lowest BCUT2D eigenvalue weighted by molar-refractivity contribution is -0.125. The number of benzene rings is 1. The fourth-order valence-corrected chi connectivity index (χ4v) is 4.33. The van der Waals surface area contributed by atoms with Gasteiger partial charge in [0.1, 0.15) is 0 Å². The smallest absolute Gasteiger partial charge is 0.223 e. The number of halogens is 2. The molecule has 0 radical (unpaired) electrons. The van der Waals surface area contributed by atoms with E-state index in [0.717, 1.165) is 43.5 Å². The van der Waals surface area contributed by atoms with Crippen LogP contribution >= 0.6 is 24.0 Å². The van der Waals surface area contributed by atoms with Crippen molar-refractivity contribution >= 4 is 29.9 Å². The highest BCUT2D eigenvalue weighted by Gasteiger charge is 2.55. The van der Waals surface area contributed by atoms with Crippen LogP contribution in [0, 0.1) is 11.3 Å². The molecule has 2 aliphatic carbocycles. The molecule has 0 spiro atoms. The van der Waals surface area contributed by atoms with Crippen LogP contribution in [-0.2, 0) is 10.2 Å². The zero-order valence-corrected chi connectivity index (χ0v) is 14.3. The molecule has 1 aromatic rings. The molecule has 22 heavy (non-hydrogen) atoms. The van der Waals surface area contributed by atoms with Crippen LogP contribution < -0.4 is 11.5 Å². The van der Waals surface area contributed by atoms with E-state index in [1.807, 2.05) is 18.2 Å². The molecule has 2 saturated carbocycles. The Labute approximate surface area is 143 Å². The van der Waals surface area contributed by atoms with Crippen molar-refractivity contribution in [2.24, 2.45) is 22.8 Å². The lowest BCUT2D eigenvalue weighted by Crippen LogP contribution is -2.42. The van der Waals surface area contributed by atoms with Gasteiger partial charge in [0.25, 0.3) is 0 Å². The highest BCUT2D eigenvalue weighted by Crippen LogP contribution is 2.58. The molecule has 0 aliphatic heterocycles. The lowest BCUT2D eigenvalue weighted by Gasteiger charge is -2.42. The first kappa shape index (κ1) is 17.6. The largest absolute Gasteiger partial charge is 0.369 e. The number of hydrogen-bond acceptors (Lipinski definition) is 2. The van der Waals surface area contributed by atoms with E-state index >= 15 is 0 Å². The molecule has 122 valence electrons. The molecular weight excluding hydrogens is 319 g/mol. The van der Waals surface area contributed by atoms with Crippen LogP contribution in [0.3, 0.4) is 0 Å². The van der Waals surface area contributed by atoms with Crippen molar-refractivity contribution in [2.75, 3.05) is 6.54 Å². The third-order valence-corrected chi connectivity index (χ3v) is 6.07. The van der Waals surface area contributed by atoms with E-state index in [0.29, 0.717) is 12.5 Å². The van der Waals surface area contributed by atoms with Crippen molar-refractivity contribution in [3.63, 3.8) is 0 Å². The molecule has 1 aromatic carbocycles. The van der Waals surface area contributed by atoms with Gasteiger partial charge in [0.2, 0.25) is 5.91 Å². The van der Waals surface area contributed by atoms with Gasteiger partial charge in [0.15, 0.2) is 0 Å². The van der Waals surface area contributed by atoms with Gasteiger partial charge in [0, 0.05) is 17.0 Å². The summed E-state index contributed by atoms with van der Waals surface area (Å²) in [5, 5.41) is 0.762. The molecule has 0 bridgehead atoms. The Kier molecular flexibility index (Phi) is 5.10. The molecule has 5 heteroatoms. The van der Waals surface area contributed by atoms with E-state index in [9.17, 15) is 4.79 Å². The van der Waals surface area contributed by atoms with E-state index in [2.05, 4.69) is 6.07 Å². The summed E-state index contributed by atoms with van der Waals surface area (Å²) in [6.45, 7) is 0.629. The van der Waals surface area contributed by atoms with Gasteiger partial charge in [0.05, 0.1) is 5.41 Å². The van der Waals surface area contributed by atoms with E-state index in [4.69, 9.17) is 23.1 Å². The first-order valence-electron chi connectivity index (χ1n) is 7.78. The molecule has 0 unspecified atom stereocenters. The summed E-state index contributed by atoms with van der Waals surface area (Å²) in [5.74, 6) is 0.337. The normalized spacial score (nSPS) is 29.5. The van der Waals surface area contributed by atoms with Gasteiger partial charge in [-0.05, 0) is 62.1 Å². The van der Waals surface area contributed by atoms with Gasteiger partial charge >= 0.3 is 0 Å². The Morgan fingerprint density at radius 3 is 2.32 bits per heavy atom. The fourth-order valence-electron chi connectivity index (χ4n) is 4.14. The highest BCUT2D eigenvalue weighted by molar-refractivity contribution is 6.30. The summed E-state index contributed by atoms with van der Waals surface area (Å²) in [4.78, 5) is 11.7. The molecule has 3 rings (SSSR count). The molecular formula is C17H24Cl2N2O. The number of carbonyl (C=O) groups excluding carboxylic acids is 1. The van der Waals surface area contributed by atoms with Gasteiger partial charge in [-0.2, -0.15) is 0 Å². The van der Waals surface area contributed by atoms with Crippen LogP contribution in [0.5, 0.6) is 0 Å². The standard InChI is InChI=1S/C17H23ClN2O.ClH/c18-14-3-1-2-13(10-14)16(11-19)6-4-12(5-7-16)17(8-9-17)15(20)21;/h1-3,10,12H,4-9,11,19H2,(H2,20,21);1H. The molecule has 0 heterocycles. The number of primary amides is 1. The predicted octanol–water partition coefficient (Wildman–Crippen LogP) is 3.41. The van der Waals surface area contributed by atoms with E-state index < -0.39 is 0 Å². The highest BCUT2D eigenvalue weighted by atomic mass is 35.5. The van der Waals surface area contributed by atoms with Crippen LogP contribution in [-0.4, -0.2) is 12.5 Å². The maximum atomic E-state index is 11.7. The lowest BCUT2D eigenvalue weighted by atomic mass is 9.63. The van der Waals surface area contributed by atoms with Crippen LogP contribution in [0.15, 0.2) is 24.3 Å². The maximum absolute atomic E-state index is 11.7. The third-order valence-electron chi connectivity index (χ3n) is 5.83. The first-order valence-corrected chi connectivity index (χ1v) is 8.16. The van der Waals surface area contributed by atoms with Crippen molar-refractivity contribution in [1.29, 1.82) is 0 Å². The zero-order valence-electron chi connectivity index (χ0n) is 12.7. The second-order valence-corrected chi connectivity index (χ2v) is 7.23. The van der Waals surface area contributed by atoms with Gasteiger partial charge in [-0.3, -0.25) is 4.79 Å². The van der Waals surface area contributed by atoms with Gasteiger partial charge in [-0.15, -0.1) is 12.4 Å². The third kappa shape index (κ3) is 2.86. The minimum Gasteiger partial charge on any atom is -0.369 e. The average molecular weight is 343 g/mol. The number of rotatable bonds is 4. The van der Waals surface area contributed by atoms with Crippen molar-refractivity contribution in [3.05, 3.63) is 34.9 Å². The molecule has 1 amide bonds. The summed E-state index contributed by atoms with van der Waals surface area (Å²) in [7, 11) is 0. The van der Waals surface area contributed by atoms with Crippen LogP contribution in [0.25, 0.3) is 0 Å². The SMILES string of the molecule is Cl.NCC1(c2cccc(Cl)c2)CCC(C2(C(N)=O)CC2)CC1. The number of nitrogens with two attached hydrogens (primary N) is 2. The maximum Gasteiger partial charge on any atom is 0.223 e. The summed E-state index contributed by atoms with van der Waals surface area (Å²) in [6, 6.07) is 8.05. The van der Waals surface area contributed by atoms with Crippen molar-refractivity contribution in [2.45, 2.75) is 43.9 Å². The topological polar surface area (TPSA) is 69.1 Å². The Morgan fingerprint density at radius 1 is 1.23 bits per heavy atom. The van der Waals surface area contributed by atoms with Crippen molar-refractivity contribution in [3.8, 4) is 0 Å². The molecule has 0 aromatic heterocycles. The minimum atomic E-state index is -0.199. The van der Waals surface area contributed by atoms with E-state index in [1.54, 1.807) is 0 Å². The fraction of sp³-hybridized carbons (Fsp3) is 0.588. The van der Waals surface area contributed by atoms with Gasteiger partial charge in [-0.1, -0.05) is 23.7 Å². The molecule has 4 N–H and O–H groups in total. The Balaban J connectivity index is 0.00000176. The monoisotopic (exact) mass is 342 g/mol. The summed E-state index contributed by atoms with van der Waals surface area (Å²) in [6.07, 6.45) is 6.05. The van der Waals surface area contributed by atoms with Gasteiger partial charge in [-0.25, -0.2) is 0 Å². The van der Waals surface area contributed by atoms with Crippen LogP contribution in [0.4, 0.5) is 0 Å². The Hall–Kier alpha value is -0.770. The molecule has 3 nitrogen and oxygen atoms in total. The van der Waals surface area contributed by atoms with Crippen LogP contribution in [0.1, 0.15) is 44.1 Å². The zero-order chi connectivity index (χ0) is 15.1. The van der Waals surface area contributed by atoms with E-state index in [1.165, 1.54) is 5.56 Å². The Bertz CT molecular complexity index is 549. The predicted molar refractivity (Wildman–Crippen MR) is 92.3 cm³/mol. The average Bonchev–Trinajstić information content (AvgIpc) is 3.29.